The van der Waals surface area contributed by atoms with E-state index in [4.69, 9.17) is 29.4 Å². The number of aromatic nitrogens is 3. The van der Waals surface area contributed by atoms with Crippen molar-refractivity contribution in [2.45, 2.75) is 0 Å². The highest BCUT2D eigenvalue weighted by Gasteiger charge is 2.13. The zero-order chi connectivity index (χ0) is 18.6. The van der Waals surface area contributed by atoms with E-state index in [1.165, 1.54) is 10.6 Å². The van der Waals surface area contributed by atoms with Crippen LogP contribution in [0.15, 0.2) is 52.1 Å². The second kappa shape index (κ2) is 7.41. The summed E-state index contributed by atoms with van der Waals surface area (Å²) in [7, 11) is -2.95. The molecule has 0 radical (unpaired) electrons. The van der Waals surface area contributed by atoms with Crippen molar-refractivity contribution in [2.24, 2.45) is 7.05 Å². The molecule has 0 fully saturated rings. The zero-order valence-corrected chi connectivity index (χ0v) is 13.9. The average molecular weight is 366 g/mol. The van der Waals surface area contributed by atoms with Crippen molar-refractivity contribution in [2.75, 3.05) is 5.73 Å². The Bertz CT molecular complexity index is 955. The third-order valence-corrected chi connectivity index (χ3v) is 2.96. The first-order valence-electron chi connectivity index (χ1n) is 6.77. The molecule has 25 heavy (non-hydrogen) atoms. The number of rotatable bonds is 2. The maximum Gasteiger partial charge on any atom is 0.466 e. The number of anilines is 1. The van der Waals surface area contributed by atoms with Gasteiger partial charge in [0.2, 0.25) is 11.5 Å². The number of furan rings is 1. The van der Waals surface area contributed by atoms with Crippen LogP contribution >= 0.6 is 7.82 Å². The highest BCUT2D eigenvalue weighted by atomic mass is 31.2. The molecule has 0 bridgehead atoms. The van der Waals surface area contributed by atoms with Crippen LogP contribution in [-0.2, 0) is 11.6 Å². The van der Waals surface area contributed by atoms with Crippen molar-refractivity contribution in [1.82, 2.24) is 14.5 Å². The monoisotopic (exact) mass is 366 g/mol. The van der Waals surface area contributed by atoms with E-state index in [-0.39, 0.29) is 11.5 Å². The molecule has 5 N–H and O–H groups in total. The number of phosphoric acid groups is 1. The van der Waals surface area contributed by atoms with Crippen LogP contribution in [0.5, 0.6) is 0 Å². The van der Waals surface area contributed by atoms with E-state index < -0.39 is 7.82 Å². The van der Waals surface area contributed by atoms with Gasteiger partial charge >= 0.3 is 7.82 Å². The summed E-state index contributed by atoms with van der Waals surface area (Å²) in [5.74, 6) is 0.771. The van der Waals surface area contributed by atoms with Crippen molar-refractivity contribution in [1.29, 1.82) is 0 Å². The Kier molecular flexibility index (Phi) is 5.50. The predicted molar refractivity (Wildman–Crippen MR) is 89.1 cm³/mol. The van der Waals surface area contributed by atoms with Crippen LogP contribution < -0.4 is 11.3 Å². The second-order valence-corrected chi connectivity index (χ2v) is 5.87. The molecule has 0 atom stereocenters. The van der Waals surface area contributed by atoms with E-state index in [1.807, 2.05) is 0 Å². The Hall–Kier alpha value is -2.78. The summed E-state index contributed by atoms with van der Waals surface area (Å²) < 4.78 is 15.8. The second-order valence-electron chi connectivity index (χ2n) is 4.85. The number of pyridine rings is 1. The fraction of sp³-hybridized carbons (Fsp3) is 0.0714. The number of nitrogens with zero attached hydrogens (tertiary/aromatic N) is 3. The van der Waals surface area contributed by atoms with Gasteiger partial charge in [-0.25, -0.2) is 14.5 Å². The molecule has 10 nitrogen and oxygen atoms in total. The Morgan fingerprint density at radius 3 is 2.48 bits per heavy atom. The number of nitrogen functional groups attached to an aromatic ring is 1. The van der Waals surface area contributed by atoms with Crippen LogP contribution in [0.25, 0.3) is 22.6 Å². The molecule has 3 rings (SSSR count). The quantitative estimate of drug-likeness (QED) is 0.479. The number of nitrogens with two attached hydrogens (primary N) is 1. The Morgan fingerprint density at radius 1 is 1.24 bits per heavy atom. The van der Waals surface area contributed by atoms with Crippen molar-refractivity contribution >= 4 is 13.8 Å². The summed E-state index contributed by atoms with van der Waals surface area (Å²) >= 11 is 0. The molecular weight excluding hydrogens is 351 g/mol. The lowest BCUT2D eigenvalue weighted by atomic mass is 10.1. The topological polar surface area (TPSA) is 165 Å². The molecule has 132 valence electrons. The summed E-state index contributed by atoms with van der Waals surface area (Å²) in [6.45, 7) is 0. The SMILES string of the molecule is Cn1cc(-c2cnc(N)nc2-c2ccco2)ccc1=O.O=P(O)(O)O. The summed E-state index contributed by atoms with van der Waals surface area (Å²) in [5.41, 5.74) is 7.74. The van der Waals surface area contributed by atoms with Gasteiger partial charge in [0.05, 0.1) is 6.26 Å². The maximum atomic E-state index is 11.5. The number of hydrogen-bond acceptors (Lipinski definition) is 6. The van der Waals surface area contributed by atoms with E-state index >= 15 is 0 Å². The van der Waals surface area contributed by atoms with Gasteiger partial charge in [0, 0.05) is 36.6 Å². The number of aryl methyl sites for hydroxylation is 1. The smallest absolute Gasteiger partial charge is 0.463 e. The molecule has 0 aliphatic heterocycles. The zero-order valence-electron chi connectivity index (χ0n) is 13.0. The summed E-state index contributed by atoms with van der Waals surface area (Å²) in [4.78, 5) is 41.3. The molecule has 0 aromatic carbocycles. The maximum absolute atomic E-state index is 11.5. The molecule has 0 saturated heterocycles. The molecule has 0 amide bonds. The minimum atomic E-state index is -4.64. The Morgan fingerprint density at radius 2 is 1.92 bits per heavy atom. The first-order valence-corrected chi connectivity index (χ1v) is 8.33. The lowest BCUT2D eigenvalue weighted by Gasteiger charge is -2.08. The van der Waals surface area contributed by atoms with Crippen LogP contribution in [0.2, 0.25) is 0 Å². The highest BCUT2D eigenvalue weighted by Crippen LogP contribution is 2.30. The molecule has 0 aliphatic rings. The lowest BCUT2D eigenvalue weighted by molar-refractivity contribution is 0.275. The molecule has 3 aromatic heterocycles. The Labute approximate surface area is 141 Å². The van der Waals surface area contributed by atoms with Crippen molar-refractivity contribution in [3.05, 3.63) is 53.3 Å². The molecule has 0 aliphatic carbocycles. The molecular formula is C14H15N4O6P. The molecule has 0 saturated carbocycles. The van der Waals surface area contributed by atoms with Crippen LogP contribution in [-0.4, -0.2) is 29.2 Å². The summed E-state index contributed by atoms with van der Waals surface area (Å²) in [5, 5.41) is 0. The van der Waals surface area contributed by atoms with Gasteiger partial charge in [-0.2, -0.15) is 0 Å². The van der Waals surface area contributed by atoms with E-state index in [9.17, 15) is 4.79 Å². The van der Waals surface area contributed by atoms with E-state index in [0.717, 1.165) is 11.1 Å². The minimum absolute atomic E-state index is 0.0790. The molecule has 11 heteroatoms. The lowest BCUT2D eigenvalue weighted by Crippen LogP contribution is -2.14. The van der Waals surface area contributed by atoms with E-state index in [1.54, 1.807) is 43.9 Å². The largest absolute Gasteiger partial charge is 0.466 e. The van der Waals surface area contributed by atoms with Gasteiger partial charge in [-0.05, 0) is 18.2 Å². The number of hydrogen-bond donors (Lipinski definition) is 4. The Balaban J connectivity index is 0.000000399. The third kappa shape index (κ3) is 5.37. The van der Waals surface area contributed by atoms with Crippen LogP contribution in [0.4, 0.5) is 5.95 Å². The molecule has 0 unspecified atom stereocenters. The fourth-order valence-corrected chi connectivity index (χ4v) is 1.96. The van der Waals surface area contributed by atoms with Crippen LogP contribution in [0.3, 0.4) is 0 Å². The first kappa shape index (κ1) is 18.6. The van der Waals surface area contributed by atoms with Gasteiger partial charge < -0.3 is 29.4 Å². The normalized spacial score (nSPS) is 10.9. The predicted octanol–water partition coefficient (Wildman–Crippen LogP) is 0.756. The van der Waals surface area contributed by atoms with Gasteiger partial charge in [0.15, 0.2) is 5.76 Å². The highest BCUT2D eigenvalue weighted by molar-refractivity contribution is 7.45. The van der Waals surface area contributed by atoms with E-state index in [0.29, 0.717) is 11.5 Å². The third-order valence-electron chi connectivity index (χ3n) is 2.96. The van der Waals surface area contributed by atoms with Gasteiger partial charge in [-0.1, -0.05) is 0 Å². The van der Waals surface area contributed by atoms with Gasteiger partial charge in [0.25, 0.3) is 0 Å². The minimum Gasteiger partial charge on any atom is -0.463 e. The van der Waals surface area contributed by atoms with Crippen molar-refractivity contribution in [3.63, 3.8) is 0 Å². The summed E-state index contributed by atoms with van der Waals surface area (Å²) in [6, 6.07) is 6.80. The summed E-state index contributed by atoms with van der Waals surface area (Å²) in [6.07, 6.45) is 4.92. The van der Waals surface area contributed by atoms with Crippen LogP contribution in [0, 0.1) is 0 Å². The molecule has 0 spiro atoms. The molecule has 3 heterocycles. The van der Waals surface area contributed by atoms with Gasteiger partial charge in [-0.15, -0.1) is 0 Å². The van der Waals surface area contributed by atoms with Crippen molar-refractivity contribution < 1.29 is 23.7 Å². The van der Waals surface area contributed by atoms with Crippen molar-refractivity contribution in [3.8, 4) is 22.6 Å². The first-order chi connectivity index (χ1) is 11.6. The fourth-order valence-electron chi connectivity index (χ4n) is 1.96. The molecule has 3 aromatic rings. The van der Waals surface area contributed by atoms with E-state index in [2.05, 4.69) is 9.97 Å². The standard InChI is InChI=1S/C14H12N4O2.H3O4P/c1-18-8-9(4-5-12(18)19)10-7-16-14(15)17-13(10)11-3-2-6-20-11;1-5(2,3)4/h2-8H,1H3,(H2,15,16,17);(H3,1,2,3,4). The van der Waals surface area contributed by atoms with Gasteiger partial charge in [0.1, 0.15) is 5.69 Å². The average Bonchev–Trinajstić information content (AvgIpc) is 3.03. The van der Waals surface area contributed by atoms with Crippen LogP contribution in [0.1, 0.15) is 0 Å². The van der Waals surface area contributed by atoms with Gasteiger partial charge in [-0.3, -0.25) is 4.79 Å².